The Morgan fingerprint density at radius 2 is 1.95 bits per heavy atom. The minimum atomic E-state index is 0.498. The fraction of sp³-hybridized carbons (Fsp3) is 0.615. The average molecular weight is 260 g/mol. The van der Waals surface area contributed by atoms with Gasteiger partial charge in [0.2, 0.25) is 0 Å². The predicted molar refractivity (Wildman–Crippen MR) is 73.5 cm³/mol. The van der Waals surface area contributed by atoms with Crippen LogP contribution in [0.3, 0.4) is 0 Å². The second kappa shape index (κ2) is 4.68. The summed E-state index contributed by atoms with van der Waals surface area (Å²) >= 11 is 0. The van der Waals surface area contributed by atoms with E-state index < -0.39 is 0 Å². The van der Waals surface area contributed by atoms with Gasteiger partial charge in [0, 0.05) is 13.1 Å². The molecule has 0 amide bonds. The van der Waals surface area contributed by atoms with Crippen LogP contribution in [0, 0.1) is 6.92 Å². The number of nitrogen functional groups attached to an aromatic ring is 1. The maximum absolute atomic E-state index is 6.06. The molecule has 1 fully saturated rings. The predicted octanol–water partition coefficient (Wildman–Crippen LogP) is 2.07. The Balaban J connectivity index is 2.05. The van der Waals surface area contributed by atoms with Crippen molar-refractivity contribution in [2.24, 2.45) is 7.05 Å². The van der Waals surface area contributed by atoms with Gasteiger partial charge in [-0.3, -0.25) is 4.68 Å². The molecule has 102 valence electrons. The van der Waals surface area contributed by atoms with Crippen molar-refractivity contribution in [3.05, 3.63) is 12.0 Å². The molecule has 1 aliphatic carbocycles. The molecule has 3 rings (SSSR count). The molecule has 0 saturated heterocycles. The maximum atomic E-state index is 6.06. The van der Waals surface area contributed by atoms with Crippen molar-refractivity contribution in [3.8, 4) is 11.4 Å². The minimum Gasteiger partial charge on any atom is -0.383 e. The molecule has 2 heterocycles. The van der Waals surface area contributed by atoms with Gasteiger partial charge >= 0.3 is 0 Å². The van der Waals surface area contributed by atoms with Crippen molar-refractivity contribution in [2.75, 3.05) is 5.73 Å². The van der Waals surface area contributed by atoms with Crippen LogP contribution in [0.2, 0.25) is 0 Å². The Bertz CT molecular complexity index is 576. The van der Waals surface area contributed by atoms with E-state index in [9.17, 15) is 0 Å². The standard InChI is InChI=1S/C13H20N6/c1-9-16-17-13(11-8-15-18(2)12(11)14)19(9)10-6-4-3-5-7-10/h8,10H,3-7,14H2,1-2H3. The van der Waals surface area contributed by atoms with Crippen LogP contribution in [-0.4, -0.2) is 24.5 Å². The first-order valence-corrected chi connectivity index (χ1v) is 6.88. The number of rotatable bonds is 2. The van der Waals surface area contributed by atoms with E-state index in [1.165, 1.54) is 32.1 Å². The number of hydrogen-bond donors (Lipinski definition) is 1. The molecule has 1 aliphatic rings. The summed E-state index contributed by atoms with van der Waals surface area (Å²) < 4.78 is 3.91. The van der Waals surface area contributed by atoms with Gasteiger partial charge in [-0.2, -0.15) is 5.10 Å². The fourth-order valence-electron chi connectivity index (χ4n) is 2.95. The minimum absolute atomic E-state index is 0.498. The van der Waals surface area contributed by atoms with Gasteiger partial charge in [-0.25, -0.2) is 0 Å². The summed E-state index contributed by atoms with van der Waals surface area (Å²) in [7, 11) is 1.84. The zero-order chi connectivity index (χ0) is 13.4. The van der Waals surface area contributed by atoms with Crippen LogP contribution in [-0.2, 0) is 7.05 Å². The molecular formula is C13H20N6. The topological polar surface area (TPSA) is 74.6 Å². The first-order valence-electron chi connectivity index (χ1n) is 6.88. The largest absolute Gasteiger partial charge is 0.383 e. The van der Waals surface area contributed by atoms with E-state index >= 15 is 0 Å². The summed E-state index contributed by atoms with van der Waals surface area (Å²) in [4.78, 5) is 0. The number of anilines is 1. The quantitative estimate of drug-likeness (QED) is 0.897. The third-order valence-corrected chi connectivity index (χ3v) is 4.03. The number of nitrogens with zero attached hydrogens (tertiary/aromatic N) is 5. The Labute approximate surface area is 112 Å². The SMILES string of the molecule is Cc1nnc(-c2cnn(C)c2N)n1C1CCCCC1. The van der Waals surface area contributed by atoms with Crippen LogP contribution in [0.25, 0.3) is 11.4 Å². The van der Waals surface area contributed by atoms with Crippen LogP contribution in [0.4, 0.5) is 5.82 Å². The van der Waals surface area contributed by atoms with Crippen molar-refractivity contribution < 1.29 is 0 Å². The first-order chi connectivity index (χ1) is 9.18. The molecule has 0 atom stereocenters. The van der Waals surface area contributed by atoms with Crippen molar-refractivity contribution in [1.29, 1.82) is 0 Å². The third kappa shape index (κ3) is 2.01. The van der Waals surface area contributed by atoms with E-state index in [0.29, 0.717) is 11.9 Å². The van der Waals surface area contributed by atoms with E-state index in [1.807, 2.05) is 14.0 Å². The Kier molecular flexibility index (Phi) is 3.00. The van der Waals surface area contributed by atoms with Gasteiger partial charge < -0.3 is 10.3 Å². The van der Waals surface area contributed by atoms with E-state index in [2.05, 4.69) is 19.9 Å². The summed E-state index contributed by atoms with van der Waals surface area (Å²) in [5.41, 5.74) is 6.94. The molecule has 1 saturated carbocycles. The van der Waals surface area contributed by atoms with Crippen LogP contribution in [0.5, 0.6) is 0 Å². The maximum Gasteiger partial charge on any atom is 0.169 e. The zero-order valence-corrected chi connectivity index (χ0v) is 11.5. The Morgan fingerprint density at radius 3 is 2.58 bits per heavy atom. The lowest BCUT2D eigenvalue weighted by Gasteiger charge is -2.25. The van der Waals surface area contributed by atoms with Crippen molar-refractivity contribution in [1.82, 2.24) is 24.5 Å². The lowest BCUT2D eigenvalue weighted by molar-refractivity contribution is 0.350. The van der Waals surface area contributed by atoms with Crippen molar-refractivity contribution >= 4 is 5.82 Å². The van der Waals surface area contributed by atoms with Crippen molar-refractivity contribution in [3.63, 3.8) is 0 Å². The fourth-order valence-corrected chi connectivity index (χ4v) is 2.95. The molecule has 0 spiro atoms. The highest BCUT2D eigenvalue weighted by molar-refractivity contribution is 5.68. The van der Waals surface area contributed by atoms with E-state index in [1.54, 1.807) is 10.9 Å². The van der Waals surface area contributed by atoms with E-state index in [-0.39, 0.29) is 0 Å². The molecule has 2 aromatic heterocycles. The van der Waals surface area contributed by atoms with Gasteiger partial charge in [0.1, 0.15) is 11.6 Å². The smallest absolute Gasteiger partial charge is 0.169 e. The number of aromatic nitrogens is 5. The molecular weight excluding hydrogens is 240 g/mol. The van der Waals surface area contributed by atoms with Crippen LogP contribution in [0.15, 0.2) is 6.20 Å². The Hall–Kier alpha value is -1.85. The first kappa shape index (κ1) is 12.2. The number of nitrogens with two attached hydrogens (primary N) is 1. The zero-order valence-electron chi connectivity index (χ0n) is 11.5. The summed E-state index contributed by atoms with van der Waals surface area (Å²) in [6.45, 7) is 2.01. The molecule has 0 aliphatic heterocycles. The summed E-state index contributed by atoms with van der Waals surface area (Å²) in [5, 5.41) is 12.8. The lowest BCUT2D eigenvalue weighted by Crippen LogP contribution is -2.15. The monoisotopic (exact) mass is 260 g/mol. The highest BCUT2D eigenvalue weighted by Crippen LogP contribution is 2.33. The molecule has 0 bridgehead atoms. The molecule has 6 heteroatoms. The molecule has 0 unspecified atom stereocenters. The Morgan fingerprint density at radius 1 is 1.21 bits per heavy atom. The van der Waals surface area contributed by atoms with Crippen LogP contribution >= 0.6 is 0 Å². The van der Waals surface area contributed by atoms with Gasteiger partial charge in [0.05, 0.1) is 11.8 Å². The van der Waals surface area contributed by atoms with Gasteiger partial charge in [0.25, 0.3) is 0 Å². The molecule has 0 aromatic carbocycles. The summed E-state index contributed by atoms with van der Waals surface area (Å²) in [6, 6.07) is 0.498. The van der Waals surface area contributed by atoms with Gasteiger partial charge in [-0.15, -0.1) is 10.2 Å². The highest BCUT2D eigenvalue weighted by Gasteiger charge is 2.23. The van der Waals surface area contributed by atoms with E-state index in [4.69, 9.17) is 5.73 Å². The number of hydrogen-bond acceptors (Lipinski definition) is 4. The van der Waals surface area contributed by atoms with Gasteiger partial charge in [-0.1, -0.05) is 19.3 Å². The van der Waals surface area contributed by atoms with E-state index in [0.717, 1.165) is 17.2 Å². The second-order valence-electron chi connectivity index (χ2n) is 5.30. The molecule has 2 N–H and O–H groups in total. The molecule has 6 nitrogen and oxygen atoms in total. The molecule has 2 aromatic rings. The van der Waals surface area contributed by atoms with Crippen molar-refractivity contribution in [2.45, 2.75) is 45.1 Å². The molecule has 19 heavy (non-hydrogen) atoms. The second-order valence-corrected chi connectivity index (χ2v) is 5.30. The number of aryl methyl sites for hydroxylation is 2. The summed E-state index contributed by atoms with van der Waals surface area (Å²) in [6.07, 6.45) is 8.08. The third-order valence-electron chi connectivity index (χ3n) is 4.03. The summed E-state index contributed by atoms with van der Waals surface area (Å²) in [5.74, 6) is 2.46. The van der Waals surface area contributed by atoms with Gasteiger partial charge in [0.15, 0.2) is 5.82 Å². The van der Waals surface area contributed by atoms with Crippen LogP contribution < -0.4 is 5.73 Å². The highest BCUT2D eigenvalue weighted by atomic mass is 15.3. The molecule has 0 radical (unpaired) electrons. The lowest BCUT2D eigenvalue weighted by atomic mass is 9.95. The van der Waals surface area contributed by atoms with Gasteiger partial charge in [-0.05, 0) is 19.8 Å². The average Bonchev–Trinajstić information content (AvgIpc) is 2.95. The normalized spacial score (nSPS) is 16.9. The van der Waals surface area contributed by atoms with Crippen LogP contribution in [0.1, 0.15) is 44.0 Å².